The minimum absolute atomic E-state index is 0.208. The molecule has 18 heavy (non-hydrogen) atoms. The molecule has 2 aliphatic heterocycles. The fourth-order valence-electron chi connectivity index (χ4n) is 2.89. The topological polar surface area (TPSA) is 52.7 Å². The molecule has 1 unspecified atom stereocenters. The highest BCUT2D eigenvalue weighted by Crippen LogP contribution is 2.24. The zero-order valence-corrected chi connectivity index (χ0v) is 12.1. The molecule has 0 aromatic carbocycles. The minimum Gasteiger partial charge on any atom is -0.315 e. The molecule has 6 heteroatoms. The monoisotopic (exact) mass is 275 g/mol. The van der Waals surface area contributed by atoms with E-state index in [2.05, 4.69) is 12.2 Å². The summed E-state index contributed by atoms with van der Waals surface area (Å²) in [6.07, 6.45) is 5.00. The largest absolute Gasteiger partial charge is 0.315 e. The molecule has 2 heterocycles. The Morgan fingerprint density at radius 3 is 2.72 bits per heavy atom. The van der Waals surface area contributed by atoms with Gasteiger partial charge in [-0.05, 0) is 32.2 Å². The van der Waals surface area contributed by atoms with Gasteiger partial charge in [0, 0.05) is 32.2 Å². The van der Waals surface area contributed by atoms with Gasteiger partial charge in [0.2, 0.25) is 0 Å². The van der Waals surface area contributed by atoms with Gasteiger partial charge in [0.15, 0.2) is 0 Å². The van der Waals surface area contributed by atoms with Gasteiger partial charge in [-0.2, -0.15) is 17.0 Å². The first-order valence-electron chi connectivity index (χ1n) is 7.14. The molecular formula is C12H25N3O2S. The van der Waals surface area contributed by atoms with Crippen LogP contribution in [0.15, 0.2) is 0 Å². The standard InChI is InChI=1S/C12H25N3O2S/c1-2-12-6-3-4-10-15(12)18(16,17)14-9-5-7-13-8-11-14/h12-13H,2-11H2,1H3. The molecule has 5 nitrogen and oxygen atoms in total. The van der Waals surface area contributed by atoms with Gasteiger partial charge in [-0.3, -0.25) is 0 Å². The van der Waals surface area contributed by atoms with Crippen LogP contribution in [-0.4, -0.2) is 55.8 Å². The molecule has 0 bridgehead atoms. The van der Waals surface area contributed by atoms with Crippen LogP contribution in [0.1, 0.15) is 39.0 Å². The molecule has 2 aliphatic rings. The minimum atomic E-state index is -3.24. The van der Waals surface area contributed by atoms with Crippen LogP contribution < -0.4 is 5.32 Å². The third kappa shape index (κ3) is 3.04. The van der Waals surface area contributed by atoms with Crippen molar-refractivity contribution in [3.05, 3.63) is 0 Å². The van der Waals surface area contributed by atoms with Gasteiger partial charge in [0.05, 0.1) is 0 Å². The third-order valence-electron chi connectivity index (χ3n) is 3.97. The molecule has 1 N–H and O–H groups in total. The number of nitrogens with zero attached hydrogens (tertiary/aromatic N) is 2. The number of hydrogen-bond donors (Lipinski definition) is 1. The van der Waals surface area contributed by atoms with Gasteiger partial charge in [-0.1, -0.05) is 13.3 Å². The smallest absolute Gasteiger partial charge is 0.282 e. The lowest BCUT2D eigenvalue weighted by Crippen LogP contribution is -2.51. The van der Waals surface area contributed by atoms with Crippen molar-refractivity contribution in [1.29, 1.82) is 0 Å². The van der Waals surface area contributed by atoms with E-state index in [1.165, 1.54) is 0 Å². The summed E-state index contributed by atoms with van der Waals surface area (Å²) in [7, 11) is -3.24. The normalized spacial score (nSPS) is 29.1. The summed E-state index contributed by atoms with van der Waals surface area (Å²) in [5, 5.41) is 3.25. The van der Waals surface area contributed by atoms with Gasteiger partial charge in [-0.15, -0.1) is 0 Å². The molecular weight excluding hydrogens is 250 g/mol. The number of hydrogen-bond acceptors (Lipinski definition) is 3. The van der Waals surface area contributed by atoms with E-state index in [0.29, 0.717) is 19.6 Å². The van der Waals surface area contributed by atoms with Crippen molar-refractivity contribution in [2.75, 3.05) is 32.7 Å². The predicted octanol–water partition coefficient (Wildman–Crippen LogP) is 0.791. The quantitative estimate of drug-likeness (QED) is 0.828. The van der Waals surface area contributed by atoms with Gasteiger partial charge in [0.25, 0.3) is 10.2 Å². The first kappa shape index (κ1) is 14.2. The van der Waals surface area contributed by atoms with Crippen LogP contribution in [0, 0.1) is 0 Å². The van der Waals surface area contributed by atoms with Crippen molar-refractivity contribution < 1.29 is 8.42 Å². The number of piperidine rings is 1. The molecule has 2 rings (SSSR count). The van der Waals surface area contributed by atoms with Gasteiger partial charge in [0.1, 0.15) is 0 Å². The molecule has 0 amide bonds. The summed E-state index contributed by atoms with van der Waals surface area (Å²) in [6.45, 7) is 5.73. The first-order chi connectivity index (χ1) is 8.66. The van der Waals surface area contributed by atoms with Crippen LogP contribution in [0.25, 0.3) is 0 Å². The van der Waals surface area contributed by atoms with E-state index >= 15 is 0 Å². The zero-order chi connectivity index (χ0) is 13.0. The summed E-state index contributed by atoms with van der Waals surface area (Å²) in [6, 6.07) is 0.208. The summed E-state index contributed by atoms with van der Waals surface area (Å²) in [5.41, 5.74) is 0. The summed E-state index contributed by atoms with van der Waals surface area (Å²) < 4.78 is 28.8. The molecule has 0 aromatic heterocycles. The predicted molar refractivity (Wildman–Crippen MR) is 72.6 cm³/mol. The third-order valence-corrected chi connectivity index (χ3v) is 6.06. The highest BCUT2D eigenvalue weighted by molar-refractivity contribution is 7.86. The van der Waals surface area contributed by atoms with E-state index in [-0.39, 0.29) is 6.04 Å². The van der Waals surface area contributed by atoms with E-state index < -0.39 is 10.2 Å². The molecule has 0 saturated carbocycles. The van der Waals surface area contributed by atoms with E-state index in [9.17, 15) is 8.42 Å². The van der Waals surface area contributed by atoms with E-state index in [1.807, 2.05) is 0 Å². The van der Waals surface area contributed by atoms with Gasteiger partial charge < -0.3 is 5.32 Å². The Morgan fingerprint density at radius 1 is 1.11 bits per heavy atom. The van der Waals surface area contributed by atoms with Crippen molar-refractivity contribution in [2.45, 2.75) is 45.1 Å². The van der Waals surface area contributed by atoms with Crippen molar-refractivity contribution in [3.63, 3.8) is 0 Å². The van der Waals surface area contributed by atoms with E-state index in [1.54, 1.807) is 8.61 Å². The fourth-order valence-corrected chi connectivity index (χ4v) is 4.86. The Bertz CT molecular complexity index is 350. The first-order valence-corrected chi connectivity index (χ1v) is 8.53. The second kappa shape index (κ2) is 6.32. The highest BCUT2D eigenvalue weighted by Gasteiger charge is 2.35. The fraction of sp³-hybridized carbons (Fsp3) is 1.00. The van der Waals surface area contributed by atoms with Crippen LogP contribution in [0.3, 0.4) is 0 Å². The zero-order valence-electron chi connectivity index (χ0n) is 11.3. The lowest BCUT2D eigenvalue weighted by molar-refractivity contribution is 0.227. The molecule has 2 saturated heterocycles. The Morgan fingerprint density at radius 2 is 1.94 bits per heavy atom. The second-order valence-corrected chi connectivity index (χ2v) is 7.06. The average molecular weight is 275 g/mol. The summed E-state index contributed by atoms with van der Waals surface area (Å²) in [5.74, 6) is 0. The van der Waals surface area contributed by atoms with Crippen LogP contribution in [0.5, 0.6) is 0 Å². The lowest BCUT2D eigenvalue weighted by Gasteiger charge is -2.37. The highest BCUT2D eigenvalue weighted by atomic mass is 32.2. The van der Waals surface area contributed by atoms with E-state index in [0.717, 1.165) is 45.2 Å². The lowest BCUT2D eigenvalue weighted by atomic mass is 10.0. The van der Waals surface area contributed by atoms with Crippen LogP contribution in [-0.2, 0) is 10.2 Å². The Balaban J connectivity index is 2.12. The molecule has 0 aromatic rings. The summed E-state index contributed by atoms with van der Waals surface area (Å²) in [4.78, 5) is 0. The van der Waals surface area contributed by atoms with Crippen LogP contribution >= 0.6 is 0 Å². The van der Waals surface area contributed by atoms with E-state index in [4.69, 9.17) is 0 Å². The number of nitrogens with one attached hydrogen (secondary N) is 1. The van der Waals surface area contributed by atoms with Gasteiger partial charge >= 0.3 is 0 Å². The molecule has 106 valence electrons. The maximum Gasteiger partial charge on any atom is 0.282 e. The molecule has 2 fully saturated rings. The van der Waals surface area contributed by atoms with Crippen molar-refractivity contribution >= 4 is 10.2 Å². The molecule has 1 atom stereocenters. The summed E-state index contributed by atoms with van der Waals surface area (Å²) >= 11 is 0. The Labute approximate surface area is 111 Å². The second-order valence-electron chi connectivity index (χ2n) is 5.18. The van der Waals surface area contributed by atoms with Crippen LogP contribution in [0.2, 0.25) is 0 Å². The maximum absolute atomic E-state index is 12.7. The molecule has 0 radical (unpaired) electrons. The number of rotatable bonds is 3. The van der Waals surface area contributed by atoms with Crippen molar-refractivity contribution in [2.24, 2.45) is 0 Å². The Hall–Kier alpha value is -0.170. The Kier molecular flexibility index (Phi) is 5.00. The molecule has 0 aliphatic carbocycles. The van der Waals surface area contributed by atoms with Crippen molar-refractivity contribution in [3.8, 4) is 0 Å². The molecule has 0 spiro atoms. The van der Waals surface area contributed by atoms with Crippen LogP contribution in [0.4, 0.5) is 0 Å². The average Bonchev–Trinajstić information content (AvgIpc) is 2.68. The van der Waals surface area contributed by atoms with Crippen molar-refractivity contribution in [1.82, 2.24) is 13.9 Å². The SMILES string of the molecule is CCC1CCCCN1S(=O)(=O)N1CCCNCC1. The maximum atomic E-state index is 12.7. The van der Waals surface area contributed by atoms with Gasteiger partial charge in [-0.25, -0.2) is 0 Å².